The molecule has 2 heterocycles. The molecule has 0 saturated heterocycles. The van der Waals surface area contributed by atoms with Gasteiger partial charge in [0.15, 0.2) is 0 Å². The molecule has 0 aliphatic carbocycles. The van der Waals surface area contributed by atoms with Gasteiger partial charge in [0.25, 0.3) is 0 Å². The third-order valence-electron chi connectivity index (χ3n) is 4.71. The van der Waals surface area contributed by atoms with Crippen molar-refractivity contribution in [3.63, 3.8) is 0 Å². The largest absolute Gasteiger partial charge is 0.493 e. The van der Waals surface area contributed by atoms with E-state index in [9.17, 15) is 10.1 Å². The fourth-order valence-corrected chi connectivity index (χ4v) is 3.36. The summed E-state index contributed by atoms with van der Waals surface area (Å²) >= 11 is 0. The number of esters is 1. The van der Waals surface area contributed by atoms with Crippen LogP contribution in [0.4, 0.5) is 0 Å². The Morgan fingerprint density at radius 3 is 2.90 bits per heavy atom. The minimum Gasteiger partial charge on any atom is -0.493 e. The standard InChI is InChI=1S/C22H24N4O4/c1-3-28-22(27)19-15(2)30-21(24)17(13-23)20(19)16-7-4-5-8-18(16)29-12-6-10-26-11-9-25-14-26/h4-5,7-9,11,14,20H,3,6,10,12,24H2,1-2H3. The number of imidazole rings is 1. The molecule has 1 aliphatic heterocycles. The van der Waals surface area contributed by atoms with E-state index in [1.165, 1.54) is 0 Å². The van der Waals surface area contributed by atoms with Gasteiger partial charge in [-0.25, -0.2) is 9.78 Å². The number of para-hydroxylation sites is 1. The van der Waals surface area contributed by atoms with Crippen LogP contribution in [0.1, 0.15) is 31.7 Å². The van der Waals surface area contributed by atoms with Crippen LogP contribution in [0, 0.1) is 11.3 Å². The van der Waals surface area contributed by atoms with Crippen molar-refractivity contribution in [2.24, 2.45) is 5.73 Å². The smallest absolute Gasteiger partial charge is 0.338 e. The van der Waals surface area contributed by atoms with Crippen molar-refractivity contribution in [3.05, 3.63) is 71.3 Å². The van der Waals surface area contributed by atoms with Crippen molar-refractivity contribution < 1.29 is 19.0 Å². The minimum absolute atomic E-state index is 0.0250. The van der Waals surface area contributed by atoms with Crippen LogP contribution in [0.3, 0.4) is 0 Å². The predicted octanol–water partition coefficient (Wildman–Crippen LogP) is 3.00. The number of carbonyl (C=O) groups is 1. The molecule has 2 aromatic rings. The van der Waals surface area contributed by atoms with Gasteiger partial charge in [-0.3, -0.25) is 0 Å². The highest BCUT2D eigenvalue weighted by atomic mass is 16.5. The lowest BCUT2D eigenvalue weighted by molar-refractivity contribution is -0.139. The predicted molar refractivity (Wildman–Crippen MR) is 109 cm³/mol. The average molecular weight is 408 g/mol. The molecule has 3 rings (SSSR count). The third kappa shape index (κ3) is 4.46. The second-order valence-corrected chi connectivity index (χ2v) is 6.66. The molecular formula is C22H24N4O4. The van der Waals surface area contributed by atoms with Crippen LogP contribution in [-0.4, -0.2) is 28.7 Å². The van der Waals surface area contributed by atoms with Crippen molar-refractivity contribution >= 4 is 5.97 Å². The fourth-order valence-electron chi connectivity index (χ4n) is 3.36. The number of nitriles is 1. The molecule has 0 spiro atoms. The van der Waals surface area contributed by atoms with Crippen molar-refractivity contribution in [2.45, 2.75) is 32.7 Å². The van der Waals surface area contributed by atoms with Gasteiger partial charge in [0.2, 0.25) is 5.88 Å². The lowest BCUT2D eigenvalue weighted by atomic mass is 9.82. The first-order valence-electron chi connectivity index (χ1n) is 9.69. The molecule has 156 valence electrons. The number of carbonyl (C=O) groups excluding carboxylic acids is 1. The number of benzene rings is 1. The minimum atomic E-state index is -0.729. The van der Waals surface area contributed by atoms with Crippen LogP contribution in [0.15, 0.2) is 65.8 Å². The summed E-state index contributed by atoms with van der Waals surface area (Å²) in [7, 11) is 0. The molecule has 0 fully saturated rings. The first-order valence-corrected chi connectivity index (χ1v) is 9.69. The number of hydrogen-bond donors (Lipinski definition) is 1. The molecule has 1 aromatic carbocycles. The Hall–Kier alpha value is -3.73. The van der Waals surface area contributed by atoms with Crippen molar-refractivity contribution in [3.8, 4) is 11.8 Å². The van der Waals surface area contributed by atoms with Crippen LogP contribution in [0.5, 0.6) is 5.75 Å². The third-order valence-corrected chi connectivity index (χ3v) is 4.71. The summed E-state index contributed by atoms with van der Waals surface area (Å²) in [5.74, 6) is -0.416. The Morgan fingerprint density at radius 1 is 1.40 bits per heavy atom. The van der Waals surface area contributed by atoms with E-state index in [-0.39, 0.29) is 23.6 Å². The molecule has 0 radical (unpaired) electrons. The highest BCUT2D eigenvalue weighted by Gasteiger charge is 2.37. The summed E-state index contributed by atoms with van der Waals surface area (Å²) in [6.45, 7) is 4.78. The van der Waals surface area contributed by atoms with Gasteiger partial charge >= 0.3 is 5.97 Å². The maximum absolute atomic E-state index is 12.7. The molecule has 1 unspecified atom stereocenters. The van der Waals surface area contributed by atoms with Crippen LogP contribution in [-0.2, 0) is 20.8 Å². The number of aryl methyl sites for hydroxylation is 1. The van der Waals surface area contributed by atoms with Crippen LogP contribution < -0.4 is 10.5 Å². The van der Waals surface area contributed by atoms with Gasteiger partial charge in [-0.15, -0.1) is 0 Å². The summed E-state index contributed by atoms with van der Waals surface area (Å²) in [6, 6.07) is 9.38. The summed E-state index contributed by atoms with van der Waals surface area (Å²) in [5, 5.41) is 9.73. The number of nitrogens with zero attached hydrogens (tertiary/aromatic N) is 3. The van der Waals surface area contributed by atoms with Gasteiger partial charge in [0.1, 0.15) is 23.2 Å². The molecular weight excluding hydrogens is 384 g/mol. The highest BCUT2D eigenvalue weighted by Crippen LogP contribution is 2.42. The summed E-state index contributed by atoms with van der Waals surface area (Å²) in [5.41, 5.74) is 7.03. The van der Waals surface area contributed by atoms with E-state index in [2.05, 4.69) is 11.1 Å². The maximum Gasteiger partial charge on any atom is 0.338 e. The number of hydrogen-bond acceptors (Lipinski definition) is 7. The molecule has 2 N–H and O–H groups in total. The molecule has 30 heavy (non-hydrogen) atoms. The normalized spacial score (nSPS) is 16.1. The molecule has 1 aromatic heterocycles. The second-order valence-electron chi connectivity index (χ2n) is 6.66. The first-order chi connectivity index (χ1) is 14.6. The number of aromatic nitrogens is 2. The zero-order valence-electron chi connectivity index (χ0n) is 17.0. The molecule has 0 amide bonds. The quantitative estimate of drug-likeness (QED) is 0.528. The van der Waals surface area contributed by atoms with Gasteiger partial charge in [-0.2, -0.15) is 5.26 Å². The van der Waals surface area contributed by atoms with Gasteiger partial charge in [0, 0.05) is 24.5 Å². The Bertz CT molecular complexity index is 1000. The van der Waals surface area contributed by atoms with Crippen molar-refractivity contribution in [2.75, 3.05) is 13.2 Å². The molecule has 1 atom stereocenters. The summed E-state index contributed by atoms with van der Waals surface area (Å²) < 4.78 is 18.7. The number of nitrogens with two attached hydrogens (primary N) is 1. The van der Waals surface area contributed by atoms with E-state index in [1.807, 2.05) is 35.0 Å². The van der Waals surface area contributed by atoms with Crippen LogP contribution in [0.25, 0.3) is 0 Å². The van der Waals surface area contributed by atoms with E-state index in [4.69, 9.17) is 19.9 Å². The Morgan fingerprint density at radius 2 is 2.20 bits per heavy atom. The topological polar surface area (TPSA) is 112 Å². The average Bonchev–Trinajstić information content (AvgIpc) is 3.24. The van der Waals surface area contributed by atoms with E-state index in [1.54, 1.807) is 26.4 Å². The first kappa shape index (κ1) is 21.0. The number of rotatable bonds is 8. The number of ether oxygens (including phenoxy) is 3. The molecule has 8 heteroatoms. The monoisotopic (exact) mass is 408 g/mol. The number of allylic oxidation sites excluding steroid dienone is 2. The van der Waals surface area contributed by atoms with Gasteiger partial charge in [-0.1, -0.05) is 18.2 Å². The van der Waals surface area contributed by atoms with Gasteiger partial charge in [0.05, 0.1) is 31.0 Å². The highest BCUT2D eigenvalue weighted by molar-refractivity contribution is 5.92. The summed E-state index contributed by atoms with van der Waals surface area (Å²) in [6.07, 6.45) is 6.14. The van der Waals surface area contributed by atoms with Crippen molar-refractivity contribution in [1.82, 2.24) is 9.55 Å². The Balaban J connectivity index is 1.89. The van der Waals surface area contributed by atoms with E-state index in [0.29, 0.717) is 23.7 Å². The molecule has 0 bridgehead atoms. The molecule has 0 saturated carbocycles. The maximum atomic E-state index is 12.7. The van der Waals surface area contributed by atoms with E-state index < -0.39 is 11.9 Å². The Kier molecular flexibility index (Phi) is 6.75. The lowest BCUT2D eigenvalue weighted by Crippen LogP contribution is -2.26. The fraction of sp³-hybridized carbons (Fsp3) is 0.318. The SMILES string of the molecule is CCOC(=O)C1=C(C)OC(N)=C(C#N)C1c1ccccc1OCCCn1ccnc1. The second kappa shape index (κ2) is 9.65. The lowest BCUT2D eigenvalue weighted by Gasteiger charge is -2.28. The molecule has 1 aliphatic rings. The van der Waals surface area contributed by atoms with Crippen LogP contribution >= 0.6 is 0 Å². The summed E-state index contributed by atoms with van der Waals surface area (Å²) in [4.78, 5) is 16.7. The van der Waals surface area contributed by atoms with Gasteiger partial charge in [-0.05, 0) is 26.3 Å². The van der Waals surface area contributed by atoms with Gasteiger partial charge < -0.3 is 24.5 Å². The van der Waals surface area contributed by atoms with Crippen molar-refractivity contribution in [1.29, 1.82) is 5.26 Å². The van der Waals surface area contributed by atoms with E-state index >= 15 is 0 Å². The zero-order chi connectivity index (χ0) is 21.5. The van der Waals surface area contributed by atoms with E-state index in [0.717, 1.165) is 13.0 Å². The Labute approximate surface area is 175 Å². The zero-order valence-corrected chi connectivity index (χ0v) is 17.0. The van der Waals surface area contributed by atoms with Crippen LogP contribution in [0.2, 0.25) is 0 Å². The molecule has 8 nitrogen and oxygen atoms in total.